The molecule has 1 aromatic heterocycles. The molecule has 2 aromatic rings. The molecular weight excluding hydrogens is 318 g/mol. The molecular formula is C11H12ClN5O3S. The molecule has 10 heteroatoms. The second-order valence-corrected chi connectivity index (χ2v) is 6.20. The molecule has 0 spiro atoms. The van der Waals surface area contributed by atoms with Crippen molar-refractivity contribution in [1.82, 2.24) is 9.97 Å². The second kappa shape index (κ2) is 5.62. The van der Waals surface area contributed by atoms with Crippen LogP contribution in [0.25, 0.3) is 0 Å². The number of oxime groups is 1. The summed E-state index contributed by atoms with van der Waals surface area (Å²) in [5.41, 5.74) is 5.79. The molecule has 0 saturated heterocycles. The highest BCUT2D eigenvalue weighted by Crippen LogP contribution is 2.23. The number of halogens is 1. The van der Waals surface area contributed by atoms with E-state index in [1.54, 1.807) is 6.92 Å². The Hall–Kier alpha value is -2.26. The molecule has 0 radical (unpaired) electrons. The molecule has 0 atom stereocenters. The SMILES string of the molecule is Cc1ncc(S(=O)(=O)Nc2cc(Cl)ccc2C(N)=NO)[nH]1. The van der Waals surface area contributed by atoms with Crippen LogP contribution in [0.2, 0.25) is 5.02 Å². The van der Waals surface area contributed by atoms with Gasteiger partial charge in [0.2, 0.25) is 0 Å². The maximum Gasteiger partial charge on any atom is 0.279 e. The Morgan fingerprint density at radius 3 is 2.81 bits per heavy atom. The first kappa shape index (κ1) is 15.1. The third kappa shape index (κ3) is 3.26. The summed E-state index contributed by atoms with van der Waals surface area (Å²) in [7, 11) is -3.89. The van der Waals surface area contributed by atoms with Gasteiger partial charge in [-0.15, -0.1) is 0 Å². The number of amidine groups is 1. The van der Waals surface area contributed by atoms with E-state index in [4.69, 9.17) is 22.5 Å². The molecule has 21 heavy (non-hydrogen) atoms. The summed E-state index contributed by atoms with van der Waals surface area (Å²) >= 11 is 5.85. The maximum absolute atomic E-state index is 12.2. The molecule has 0 unspecified atom stereocenters. The number of imidazole rings is 1. The number of hydrogen-bond acceptors (Lipinski definition) is 5. The van der Waals surface area contributed by atoms with Gasteiger partial charge in [0.05, 0.1) is 11.9 Å². The minimum absolute atomic E-state index is 0.0880. The zero-order valence-electron chi connectivity index (χ0n) is 10.8. The second-order valence-electron chi connectivity index (χ2n) is 4.11. The van der Waals surface area contributed by atoms with Crippen molar-refractivity contribution < 1.29 is 13.6 Å². The zero-order valence-corrected chi connectivity index (χ0v) is 12.4. The fraction of sp³-hybridized carbons (Fsp3) is 0.0909. The van der Waals surface area contributed by atoms with Gasteiger partial charge in [0, 0.05) is 10.6 Å². The third-order valence-corrected chi connectivity index (χ3v) is 4.09. The highest BCUT2D eigenvalue weighted by atomic mass is 35.5. The minimum Gasteiger partial charge on any atom is -0.409 e. The molecule has 1 heterocycles. The molecule has 0 aliphatic rings. The van der Waals surface area contributed by atoms with Crippen molar-refractivity contribution in [2.24, 2.45) is 10.9 Å². The Balaban J connectivity index is 2.46. The van der Waals surface area contributed by atoms with E-state index in [0.717, 1.165) is 0 Å². The predicted molar refractivity (Wildman–Crippen MR) is 78.1 cm³/mol. The van der Waals surface area contributed by atoms with Gasteiger partial charge >= 0.3 is 0 Å². The molecule has 0 fully saturated rings. The lowest BCUT2D eigenvalue weighted by atomic mass is 10.1. The van der Waals surface area contributed by atoms with Crippen LogP contribution in [0, 0.1) is 6.92 Å². The van der Waals surface area contributed by atoms with Crippen LogP contribution in [0.5, 0.6) is 0 Å². The molecule has 0 aliphatic carbocycles. The lowest BCUT2D eigenvalue weighted by molar-refractivity contribution is 0.318. The number of anilines is 1. The van der Waals surface area contributed by atoms with Crippen LogP contribution >= 0.6 is 11.6 Å². The van der Waals surface area contributed by atoms with E-state index < -0.39 is 10.0 Å². The van der Waals surface area contributed by atoms with Crippen LogP contribution in [0.15, 0.2) is 34.6 Å². The lowest BCUT2D eigenvalue weighted by Crippen LogP contribution is -2.19. The fourth-order valence-electron chi connectivity index (χ4n) is 1.61. The summed E-state index contributed by atoms with van der Waals surface area (Å²) in [5, 5.41) is 11.8. The van der Waals surface area contributed by atoms with E-state index in [1.165, 1.54) is 24.4 Å². The standard InChI is InChI=1S/C11H12ClN5O3S/c1-6-14-5-10(15-6)21(19,20)17-9-4-7(12)2-3-8(9)11(13)16-18/h2-5,17-18H,1H3,(H2,13,16)(H,14,15). The van der Waals surface area contributed by atoms with Crippen molar-refractivity contribution in [3.8, 4) is 0 Å². The van der Waals surface area contributed by atoms with E-state index in [2.05, 4.69) is 19.8 Å². The molecule has 2 rings (SSSR count). The summed E-state index contributed by atoms with van der Waals surface area (Å²) in [6.07, 6.45) is 1.19. The Bertz CT molecular complexity index is 800. The first-order chi connectivity index (χ1) is 9.83. The van der Waals surface area contributed by atoms with Gasteiger partial charge in [-0.3, -0.25) is 4.72 Å². The summed E-state index contributed by atoms with van der Waals surface area (Å²) in [5.74, 6) is 0.211. The molecule has 5 N–H and O–H groups in total. The smallest absolute Gasteiger partial charge is 0.279 e. The van der Waals surface area contributed by atoms with Gasteiger partial charge in [-0.05, 0) is 25.1 Å². The summed E-state index contributed by atoms with van der Waals surface area (Å²) in [6.45, 7) is 1.63. The fourth-order valence-corrected chi connectivity index (χ4v) is 2.83. The summed E-state index contributed by atoms with van der Waals surface area (Å²) in [4.78, 5) is 6.44. The summed E-state index contributed by atoms with van der Waals surface area (Å²) in [6, 6.07) is 4.29. The molecule has 112 valence electrons. The van der Waals surface area contributed by atoms with Crippen LogP contribution in [-0.4, -0.2) is 29.4 Å². The lowest BCUT2D eigenvalue weighted by Gasteiger charge is -2.11. The first-order valence-corrected chi connectivity index (χ1v) is 7.51. The van der Waals surface area contributed by atoms with Crippen LogP contribution in [0.3, 0.4) is 0 Å². The van der Waals surface area contributed by atoms with Gasteiger partial charge in [-0.2, -0.15) is 8.42 Å². The molecule has 0 saturated carbocycles. The highest BCUT2D eigenvalue weighted by Gasteiger charge is 2.19. The van der Waals surface area contributed by atoms with Gasteiger partial charge in [0.15, 0.2) is 10.9 Å². The van der Waals surface area contributed by atoms with E-state index in [0.29, 0.717) is 10.8 Å². The highest BCUT2D eigenvalue weighted by molar-refractivity contribution is 7.92. The number of H-pyrrole nitrogens is 1. The van der Waals surface area contributed by atoms with Crippen molar-refractivity contribution in [2.75, 3.05) is 4.72 Å². The largest absolute Gasteiger partial charge is 0.409 e. The number of rotatable bonds is 4. The minimum atomic E-state index is -3.89. The van der Waals surface area contributed by atoms with Crippen molar-refractivity contribution in [3.05, 3.63) is 40.8 Å². The van der Waals surface area contributed by atoms with Gasteiger partial charge in [0.25, 0.3) is 10.0 Å². The number of benzene rings is 1. The Labute approximate surface area is 125 Å². The maximum atomic E-state index is 12.2. The van der Waals surface area contributed by atoms with Crippen LogP contribution in [-0.2, 0) is 10.0 Å². The quantitative estimate of drug-likeness (QED) is 0.290. The molecule has 0 aliphatic heterocycles. The Morgan fingerprint density at radius 2 is 2.24 bits per heavy atom. The number of nitrogens with one attached hydrogen (secondary N) is 2. The van der Waals surface area contributed by atoms with Crippen LogP contribution in [0.4, 0.5) is 5.69 Å². The number of sulfonamides is 1. The van der Waals surface area contributed by atoms with Crippen molar-refractivity contribution in [1.29, 1.82) is 0 Å². The van der Waals surface area contributed by atoms with Crippen molar-refractivity contribution in [2.45, 2.75) is 11.9 Å². The van der Waals surface area contributed by atoms with Gasteiger partial charge in [-0.25, -0.2) is 4.98 Å². The normalized spacial score (nSPS) is 12.4. The first-order valence-electron chi connectivity index (χ1n) is 5.65. The average molecular weight is 330 g/mol. The van der Waals surface area contributed by atoms with Gasteiger partial charge in [0.1, 0.15) is 5.82 Å². The molecule has 0 amide bonds. The van der Waals surface area contributed by atoms with Crippen LogP contribution < -0.4 is 10.5 Å². The molecule has 0 bridgehead atoms. The Morgan fingerprint density at radius 1 is 1.52 bits per heavy atom. The van der Waals surface area contributed by atoms with Crippen molar-refractivity contribution in [3.63, 3.8) is 0 Å². The number of aromatic nitrogens is 2. The van der Waals surface area contributed by atoms with Gasteiger partial charge in [-0.1, -0.05) is 16.8 Å². The van der Waals surface area contributed by atoms with E-state index >= 15 is 0 Å². The topological polar surface area (TPSA) is 133 Å². The summed E-state index contributed by atoms with van der Waals surface area (Å²) < 4.78 is 26.8. The average Bonchev–Trinajstić information content (AvgIpc) is 2.85. The van der Waals surface area contributed by atoms with E-state index in [1.807, 2.05) is 0 Å². The number of nitrogens with zero attached hydrogens (tertiary/aromatic N) is 2. The van der Waals surface area contributed by atoms with Gasteiger partial charge < -0.3 is 15.9 Å². The number of nitrogens with two attached hydrogens (primary N) is 1. The van der Waals surface area contributed by atoms with Crippen molar-refractivity contribution >= 4 is 33.1 Å². The number of aromatic amines is 1. The molecule has 8 nitrogen and oxygen atoms in total. The predicted octanol–water partition coefficient (Wildman–Crippen LogP) is 1.27. The van der Waals surface area contributed by atoms with E-state index in [-0.39, 0.29) is 22.1 Å². The zero-order chi connectivity index (χ0) is 15.6. The van der Waals surface area contributed by atoms with Crippen LogP contribution in [0.1, 0.15) is 11.4 Å². The monoisotopic (exact) mass is 329 g/mol. The number of aryl methyl sites for hydroxylation is 1. The third-order valence-electron chi connectivity index (χ3n) is 2.58. The number of hydrogen-bond donors (Lipinski definition) is 4. The van der Waals surface area contributed by atoms with E-state index in [9.17, 15) is 8.42 Å². The molecule has 1 aromatic carbocycles. The Kier molecular flexibility index (Phi) is 4.05.